The van der Waals surface area contributed by atoms with Gasteiger partial charge in [0.2, 0.25) is 11.8 Å². The number of amides is 2. The minimum Gasteiger partial charge on any atom is -0.489 e. The van der Waals surface area contributed by atoms with Crippen molar-refractivity contribution >= 4 is 11.8 Å². The normalized spacial score (nSPS) is 19.8. The highest BCUT2D eigenvalue weighted by atomic mass is 16.5. The summed E-state index contributed by atoms with van der Waals surface area (Å²) < 4.78 is 6.07. The summed E-state index contributed by atoms with van der Waals surface area (Å²) >= 11 is 0. The number of fused-ring (bicyclic) bond motifs is 1. The maximum atomic E-state index is 12.8. The molecule has 2 amide bonds. The van der Waals surface area contributed by atoms with Gasteiger partial charge in [0, 0.05) is 20.1 Å². The molecule has 1 fully saturated rings. The van der Waals surface area contributed by atoms with Crippen molar-refractivity contribution in [1.29, 1.82) is 0 Å². The molecule has 0 saturated heterocycles. The van der Waals surface area contributed by atoms with Gasteiger partial charge in [-0.3, -0.25) is 9.59 Å². The molecule has 6 nitrogen and oxygen atoms in total. The Bertz CT molecular complexity index is 645. The van der Waals surface area contributed by atoms with Crippen LogP contribution >= 0.6 is 0 Å². The second-order valence-electron chi connectivity index (χ2n) is 7.26. The summed E-state index contributed by atoms with van der Waals surface area (Å²) in [6, 6.07) is 7.90. The second-order valence-corrected chi connectivity index (χ2v) is 7.26. The van der Waals surface area contributed by atoms with Gasteiger partial charge in [-0.05, 0) is 50.2 Å². The lowest BCUT2D eigenvalue weighted by Crippen LogP contribution is -2.51. The standard InChI is InChI=1S/C20H29N3O3/c1-3-21-18(24)13-23(2)20(25)19(15-8-9-15)22-12-16-11-10-14-6-4-5-7-17(14)26-16/h4-7,15-16,19,22H,3,8-13H2,1-2H3,(H,21,24). The third kappa shape index (κ3) is 4.75. The number of aryl methyl sites for hydroxylation is 1. The Morgan fingerprint density at radius 2 is 2.04 bits per heavy atom. The third-order valence-corrected chi connectivity index (χ3v) is 5.06. The van der Waals surface area contributed by atoms with E-state index in [9.17, 15) is 9.59 Å². The van der Waals surface area contributed by atoms with Gasteiger partial charge in [-0.2, -0.15) is 0 Å². The number of hydrogen-bond acceptors (Lipinski definition) is 4. The van der Waals surface area contributed by atoms with Crippen molar-refractivity contribution in [2.75, 3.05) is 26.7 Å². The quantitative estimate of drug-likeness (QED) is 0.735. The zero-order chi connectivity index (χ0) is 18.5. The van der Waals surface area contributed by atoms with E-state index < -0.39 is 0 Å². The summed E-state index contributed by atoms with van der Waals surface area (Å²) in [5.74, 6) is 1.20. The number of benzene rings is 1. The van der Waals surface area contributed by atoms with Crippen LogP contribution in [0.2, 0.25) is 0 Å². The van der Waals surface area contributed by atoms with Crippen LogP contribution in [0.25, 0.3) is 0 Å². The topological polar surface area (TPSA) is 70.7 Å². The number of carbonyl (C=O) groups is 2. The largest absolute Gasteiger partial charge is 0.489 e. The van der Waals surface area contributed by atoms with E-state index in [-0.39, 0.29) is 30.5 Å². The van der Waals surface area contributed by atoms with Crippen LogP contribution in [0.4, 0.5) is 0 Å². The zero-order valence-corrected chi connectivity index (χ0v) is 15.7. The van der Waals surface area contributed by atoms with Crippen LogP contribution in [0, 0.1) is 5.92 Å². The monoisotopic (exact) mass is 359 g/mol. The molecule has 1 aliphatic heterocycles. The first kappa shape index (κ1) is 18.7. The minimum atomic E-state index is -0.227. The number of likely N-dealkylation sites (N-methyl/N-ethyl adjacent to an activating group) is 2. The van der Waals surface area contributed by atoms with Gasteiger partial charge in [-0.15, -0.1) is 0 Å². The lowest BCUT2D eigenvalue weighted by atomic mass is 10.0. The van der Waals surface area contributed by atoms with Gasteiger partial charge in [0.15, 0.2) is 0 Å². The molecule has 1 aromatic rings. The Balaban J connectivity index is 1.53. The van der Waals surface area contributed by atoms with Crippen LogP contribution in [0.1, 0.15) is 31.7 Å². The molecular formula is C20H29N3O3. The lowest BCUT2D eigenvalue weighted by molar-refractivity contribution is -0.136. The van der Waals surface area contributed by atoms with Crippen LogP contribution in [0.3, 0.4) is 0 Å². The van der Waals surface area contributed by atoms with E-state index in [4.69, 9.17) is 4.74 Å². The van der Waals surface area contributed by atoms with Crippen molar-refractivity contribution in [2.24, 2.45) is 5.92 Å². The summed E-state index contributed by atoms with van der Waals surface area (Å²) in [6.07, 6.45) is 4.15. The van der Waals surface area contributed by atoms with E-state index in [2.05, 4.69) is 16.7 Å². The smallest absolute Gasteiger partial charge is 0.240 e. The summed E-state index contributed by atoms with van der Waals surface area (Å²) in [5, 5.41) is 6.16. The summed E-state index contributed by atoms with van der Waals surface area (Å²) in [5.41, 5.74) is 1.25. The molecule has 1 aliphatic carbocycles. The SMILES string of the molecule is CCNC(=O)CN(C)C(=O)C(NCC1CCc2ccccc2O1)C1CC1. The molecule has 0 aromatic heterocycles. The first-order valence-corrected chi connectivity index (χ1v) is 9.58. The Labute approximate surface area is 155 Å². The zero-order valence-electron chi connectivity index (χ0n) is 15.7. The van der Waals surface area contributed by atoms with Crippen molar-refractivity contribution in [3.05, 3.63) is 29.8 Å². The molecule has 1 heterocycles. The predicted octanol–water partition coefficient (Wildman–Crippen LogP) is 1.34. The second kappa shape index (κ2) is 8.54. The van der Waals surface area contributed by atoms with E-state index in [1.165, 1.54) is 10.5 Å². The van der Waals surface area contributed by atoms with E-state index >= 15 is 0 Å². The number of rotatable bonds is 8. The number of carbonyl (C=O) groups excluding carboxylic acids is 2. The number of hydrogen-bond donors (Lipinski definition) is 2. The molecule has 2 N–H and O–H groups in total. The van der Waals surface area contributed by atoms with Gasteiger partial charge in [0.1, 0.15) is 11.9 Å². The highest BCUT2D eigenvalue weighted by Crippen LogP contribution is 2.34. The minimum absolute atomic E-state index is 0.00466. The van der Waals surface area contributed by atoms with Gasteiger partial charge in [-0.1, -0.05) is 18.2 Å². The maximum absolute atomic E-state index is 12.8. The van der Waals surface area contributed by atoms with Gasteiger partial charge < -0.3 is 20.3 Å². The molecular weight excluding hydrogens is 330 g/mol. The van der Waals surface area contributed by atoms with Gasteiger partial charge in [0.25, 0.3) is 0 Å². The molecule has 2 atom stereocenters. The van der Waals surface area contributed by atoms with Crippen LogP contribution in [-0.4, -0.2) is 55.5 Å². The fourth-order valence-electron chi connectivity index (χ4n) is 3.45. The van der Waals surface area contributed by atoms with Gasteiger partial charge >= 0.3 is 0 Å². The van der Waals surface area contributed by atoms with Crippen LogP contribution in [-0.2, 0) is 16.0 Å². The number of para-hydroxylation sites is 1. The molecule has 142 valence electrons. The third-order valence-electron chi connectivity index (χ3n) is 5.06. The first-order valence-electron chi connectivity index (χ1n) is 9.58. The van der Waals surface area contributed by atoms with Crippen LogP contribution < -0.4 is 15.4 Å². The van der Waals surface area contributed by atoms with Crippen molar-refractivity contribution in [3.8, 4) is 5.75 Å². The molecule has 3 rings (SSSR count). The molecule has 1 saturated carbocycles. The number of nitrogens with zero attached hydrogens (tertiary/aromatic N) is 1. The van der Waals surface area contributed by atoms with E-state index in [0.29, 0.717) is 19.0 Å². The van der Waals surface area contributed by atoms with Crippen molar-refractivity contribution in [3.63, 3.8) is 0 Å². The first-order chi connectivity index (χ1) is 12.6. The predicted molar refractivity (Wildman–Crippen MR) is 100 cm³/mol. The van der Waals surface area contributed by atoms with Gasteiger partial charge in [-0.25, -0.2) is 0 Å². The molecule has 2 unspecified atom stereocenters. The summed E-state index contributed by atoms with van der Waals surface area (Å²) in [4.78, 5) is 26.0. The molecule has 26 heavy (non-hydrogen) atoms. The number of ether oxygens (including phenoxy) is 1. The Kier molecular flexibility index (Phi) is 6.14. The molecule has 0 spiro atoms. The van der Waals surface area contributed by atoms with E-state index in [1.54, 1.807) is 7.05 Å². The fraction of sp³-hybridized carbons (Fsp3) is 0.600. The van der Waals surface area contributed by atoms with Crippen LogP contribution in [0.15, 0.2) is 24.3 Å². The summed E-state index contributed by atoms with van der Waals surface area (Å²) in [7, 11) is 1.70. The fourth-order valence-corrected chi connectivity index (χ4v) is 3.45. The van der Waals surface area contributed by atoms with Crippen molar-refractivity contribution in [1.82, 2.24) is 15.5 Å². The van der Waals surface area contributed by atoms with Crippen molar-refractivity contribution in [2.45, 2.75) is 44.8 Å². The average molecular weight is 359 g/mol. The summed E-state index contributed by atoms with van der Waals surface area (Å²) in [6.45, 7) is 3.20. The highest BCUT2D eigenvalue weighted by molar-refractivity contribution is 5.87. The number of nitrogens with one attached hydrogen (secondary N) is 2. The van der Waals surface area contributed by atoms with Crippen LogP contribution in [0.5, 0.6) is 5.75 Å². The maximum Gasteiger partial charge on any atom is 0.240 e. The highest BCUT2D eigenvalue weighted by Gasteiger charge is 2.38. The average Bonchev–Trinajstić information content (AvgIpc) is 3.46. The van der Waals surface area contributed by atoms with E-state index in [0.717, 1.165) is 31.4 Å². The molecule has 0 bridgehead atoms. The molecule has 0 radical (unpaired) electrons. The molecule has 1 aromatic carbocycles. The molecule has 2 aliphatic rings. The molecule has 6 heteroatoms. The Hall–Kier alpha value is -2.08. The van der Waals surface area contributed by atoms with Crippen molar-refractivity contribution < 1.29 is 14.3 Å². The Morgan fingerprint density at radius 1 is 1.27 bits per heavy atom. The Morgan fingerprint density at radius 3 is 2.77 bits per heavy atom. The van der Waals surface area contributed by atoms with E-state index in [1.807, 2.05) is 25.1 Å². The lowest BCUT2D eigenvalue weighted by Gasteiger charge is -2.29. The van der Waals surface area contributed by atoms with Gasteiger partial charge in [0.05, 0.1) is 12.6 Å².